The van der Waals surface area contributed by atoms with Crippen LogP contribution >= 0.6 is 0 Å². The zero-order chi connectivity index (χ0) is 23.3. The van der Waals surface area contributed by atoms with Crippen molar-refractivity contribution in [3.63, 3.8) is 0 Å². The Morgan fingerprint density at radius 3 is 2.09 bits per heavy atom. The summed E-state index contributed by atoms with van der Waals surface area (Å²) in [5.41, 5.74) is 0.259. The highest BCUT2D eigenvalue weighted by atomic mass is 32.2. The maximum atomic E-state index is 12.9. The minimum Gasteiger partial charge on any atom is -0.497 e. The lowest BCUT2D eigenvalue weighted by Crippen LogP contribution is -2.18. The summed E-state index contributed by atoms with van der Waals surface area (Å²) >= 11 is 0. The average Bonchev–Trinajstić information content (AvgIpc) is 2.78. The van der Waals surface area contributed by atoms with Crippen molar-refractivity contribution in [3.05, 3.63) is 82.4 Å². The molecule has 0 aromatic heterocycles. The third-order valence-corrected chi connectivity index (χ3v) is 5.76. The van der Waals surface area contributed by atoms with E-state index in [0.717, 1.165) is 24.3 Å². The molecule has 32 heavy (non-hydrogen) atoms. The van der Waals surface area contributed by atoms with Gasteiger partial charge >= 0.3 is 0 Å². The zero-order valence-electron chi connectivity index (χ0n) is 17.1. The van der Waals surface area contributed by atoms with Gasteiger partial charge in [0.15, 0.2) is 0 Å². The van der Waals surface area contributed by atoms with Crippen molar-refractivity contribution in [2.24, 2.45) is 0 Å². The lowest BCUT2D eigenvalue weighted by Gasteiger charge is -2.14. The predicted octanol–water partition coefficient (Wildman–Crippen LogP) is 3.67. The number of benzene rings is 3. The molecule has 0 spiro atoms. The molecule has 3 aromatic rings. The average molecular weight is 457 g/mol. The Hall–Kier alpha value is -4.12. The topological polar surface area (TPSA) is 137 Å². The second kappa shape index (κ2) is 9.35. The molecule has 11 heteroatoms. The highest BCUT2D eigenvalue weighted by Gasteiger charge is 2.20. The van der Waals surface area contributed by atoms with Crippen LogP contribution in [0.15, 0.2) is 71.6 Å². The van der Waals surface area contributed by atoms with Crippen molar-refractivity contribution in [3.8, 4) is 11.5 Å². The normalized spacial score (nSPS) is 10.8. The van der Waals surface area contributed by atoms with E-state index in [1.54, 1.807) is 30.3 Å². The number of nitrogens with one attached hydrogen (secondary N) is 2. The summed E-state index contributed by atoms with van der Waals surface area (Å²) in [6, 6.07) is 15.3. The lowest BCUT2D eigenvalue weighted by atomic mass is 10.1. The summed E-state index contributed by atoms with van der Waals surface area (Å²) in [6.45, 7) is 0. The zero-order valence-corrected chi connectivity index (χ0v) is 17.9. The van der Waals surface area contributed by atoms with Gasteiger partial charge < -0.3 is 14.8 Å². The van der Waals surface area contributed by atoms with E-state index in [1.165, 1.54) is 26.4 Å². The van der Waals surface area contributed by atoms with E-state index in [2.05, 4.69) is 10.0 Å². The second-order valence-corrected chi connectivity index (χ2v) is 8.14. The number of ether oxygens (including phenoxy) is 2. The Kier molecular flexibility index (Phi) is 6.59. The van der Waals surface area contributed by atoms with Crippen molar-refractivity contribution >= 4 is 33.0 Å². The SMILES string of the molecule is COc1cc(NC(=O)c2ccccc2NS(=O)(=O)c2ccc([N+](=O)[O-])cc2)cc(OC)c1. The Morgan fingerprint density at radius 2 is 1.53 bits per heavy atom. The van der Waals surface area contributed by atoms with Gasteiger partial charge in [-0.05, 0) is 24.3 Å². The van der Waals surface area contributed by atoms with Crippen molar-refractivity contribution in [2.75, 3.05) is 24.3 Å². The van der Waals surface area contributed by atoms with Gasteiger partial charge in [0.2, 0.25) is 0 Å². The number of non-ortho nitro benzene ring substituents is 1. The van der Waals surface area contributed by atoms with E-state index >= 15 is 0 Å². The summed E-state index contributed by atoms with van der Waals surface area (Å²) in [5, 5.41) is 13.5. The van der Waals surface area contributed by atoms with Crippen LogP contribution in [0.1, 0.15) is 10.4 Å². The van der Waals surface area contributed by atoms with Gasteiger partial charge in [-0.3, -0.25) is 19.6 Å². The number of nitrogens with zero attached hydrogens (tertiary/aromatic N) is 1. The minimum atomic E-state index is -4.10. The summed E-state index contributed by atoms with van der Waals surface area (Å²) in [7, 11) is -1.15. The van der Waals surface area contributed by atoms with Crippen LogP contribution in [0.2, 0.25) is 0 Å². The highest BCUT2D eigenvalue weighted by Crippen LogP contribution is 2.27. The van der Waals surface area contributed by atoms with Gasteiger partial charge in [0.25, 0.3) is 21.6 Å². The molecule has 3 aromatic carbocycles. The van der Waals surface area contributed by atoms with Crippen LogP contribution < -0.4 is 19.5 Å². The molecule has 166 valence electrons. The smallest absolute Gasteiger partial charge is 0.269 e. The molecule has 0 bridgehead atoms. The molecule has 2 N–H and O–H groups in total. The number of carbonyl (C=O) groups is 1. The molecule has 0 fully saturated rings. The summed E-state index contributed by atoms with van der Waals surface area (Å²) in [6.07, 6.45) is 0. The van der Waals surface area contributed by atoms with Gasteiger partial charge in [0.1, 0.15) is 11.5 Å². The first-order valence-corrected chi connectivity index (χ1v) is 10.6. The Bertz CT molecular complexity index is 1240. The van der Waals surface area contributed by atoms with Crippen LogP contribution in [-0.4, -0.2) is 33.5 Å². The monoisotopic (exact) mass is 457 g/mol. The van der Waals surface area contributed by atoms with Crippen molar-refractivity contribution < 1.29 is 27.6 Å². The molecular formula is C21H19N3O7S. The summed E-state index contributed by atoms with van der Waals surface area (Å²) in [4.78, 5) is 22.8. The Morgan fingerprint density at radius 1 is 0.938 bits per heavy atom. The van der Waals surface area contributed by atoms with E-state index in [-0.39, 0.29) is 21.8 Å². The molecule has 0 atom stereocenters. The molecule has 3 rings (SSSR count). The van der Waals surface area contributed by atoms with Crippen molar-refractivity contribution in [1.82, 2.24) is 0 Å². The van der Waals surface area contributed by atoms with Gasteiger partial charge in [-0.25, -0.2) is 8.42 Å². The standard InChI is InChI=1S/C21H19N3O7S/c1-30-16-11-14(12-17(13-16)31-2)22-21(25)19-5-3-4-6-20(19)23-32(28,29)18-9-7-15(8-10-18)24(26)27/h3-13,23H,1-2H3,(H,22,25). The van der Waals surface area contributed by atoms with Crippen molar-refractivity contribution in [1.29, 1.82) is 0 Å². The Balaban J connectivity index is 1.87. The molecule has 0 aliphatic rings. The summed E-state index contributed by atoms with van der Waals surface area (Å²) in [5.74, 6) is 0.362. The number of nitro benzene ring substituents is 1. The fourth-order valence-corrected chi connectivity index (χ4v) is 3.88. The van der Waals surface area contributed by atoms with E-state index < -0.39 is 20.9 Å². The van der Waals surface area contributed by atoms with E-state index in [0.29, 0.717) is 17.2 Å². The van der Waals surface area contributed by atoms with Gasteiger partial charge in [-0.1, -0.05) is 12.1 Å². The van der Waals surface area contributed by atoms with Gasteiger partial charge in [0, 0.05) is 36.0 Å². The molecule has 0 aliphatic carbocycles. The number of anilines is 2. The summed E-state index contributed by atoms with van der Waals surface area (Å²) < 4.78 is 38.2. The number of hydrogen-bond acceptors (Lipinski definition) is 7. The minimum absolute atomic E-state index is 0.0400. The number of para-hydroxylation sites is 1. The maximum Gasteiger partial charge on any atom is 0.269 e. The number of carbonyl (C=O) groups excluding carboxylic acids is 1. The first-order valence-electron chi connectivity index (χ1n) is 9.14. The quantitative estimate of drug-likeness (QED) is 0.389. The van der Waals surface area contributed by atoms with Gasteiger partial charge in [-0.2, -0.15) is 0 Å². The lowest BCUT2D eigenvalue weighted by molar-refractivity contribution is -0.384. The number of amides is 1. The molecule has 0 radical (unpaired) electrons. The van der Waals surface area contributed by atoms with Crippen LogP contribution in [0.4, 0.5) is 17.1 Å². The van der Waals surface area contributed by atoms with Crippen LogP contribution in [0, 0.1) is 10.1 Å². The third kappa shape index (κ3) is 5.13. The van der Waals surface area contributed by atoms with E-state index in [1.807, 2.05) is 0 Å². The molecule has 10 nitrogen and oxygen atoms in total. The van der Waals surface area contributed by atoms with E-state index in [4.69, 9.17) is 9.47 Å². The third-order valence-electron chi connectivity index (χ3n) is 4.38. The number of hydrogen-bond donors (Lipinski definition) is 2. The fraction of sp³-hybridized carbons (Fsp3) is 0.0952. The first kappa shape index (κ1) is 22.6. The fourth-order valence-electron chi connectivity index (χ4n) is 2.80. The maximum absolute atomic E-state index is 12.9. The number of rotatable bonds is 8. The van der Waals surface area contributed by atoms with Crippen LogP contribution in [0.5, 0.6) is 11.5 Å². The van der Waals surface area contributed by atoms with Gasteiger partial charge in [-0.15, -0.1) is 0 Å². The molecule has 0 saturated carbocycles. The molecule has 0 unspecified atom stereocenters. The van der Waals surface area contributed by atoms with Crippen LogP contribution in [0.3, 0.4) is 0 Å². The number of nitro groups is 1. The number of sulfonamides is 1. The first-order chi connectivity index (χ1) is 15.2. The van der Waals surface area contributed by atoms with Crippen LogP contribution in [0.25, 0.3) is 0 Å². The molecule has 0 saturated heterocycles. The van der Waals surface area contributed by atoms with Crippen molar-refractivity contribution in [2.45, 2.75) is 4.90 Å². The number of methoxy groups -OCH3 is 2. The largest absolute Gasteiger partial charge is 0.497 e. The Labute approximate surface area is 184 Å². The molecular weight excluding hydrogens is 438 g/mol. The van der Waals surface area contributed by atoms with Crippen LogP contribution in [-0.2, 0) is 10.0 Å². The molecule has 0 heterocycles. The molecule has 1 amide bonds. The second-order valence-electron chi connectivity index (χ2n) is 6.46. The molecule has 0 aliphatic heterocycles. The van der Waals surface area contributed by atoms with E-state index in [9.17, 15) is 23.3 Å². The predicted molar refractivity (Wildman–Crippen MR) is 118 cm³/mol. The van der Waals surface area contributed by atoms with Gasteiger partial charge in [0.05, 0.1) is 35.3 Å². The highest BCUT2D eigenvalue weighted by molar-refractivity contribution is 7.92.